The second-order valence-corrected chi connectivity index (χ2v) is 6.41. The van der Waals surface area contributed by atoms with Crippen molar-refractivity contribution in [1.82, 2.24) is 10.2 Å². The van der Waals surface area contributed by atoms with Gasteiger partial charge in [0.05, 0.1) is 6.20 Å². The van der Waals surface area contributed by atoms with Gasteiger partial charge in [0.15, 0.2) is 11.5 Å². The summed E-state index contributed by atoms with van der Waals surface area (Å²) < 4.78 is 12.1. The molecule has 0 radical (unpaired) electrons. The highest BCUT2D eigenvalue weighted by molar-refractivity contribution is 5.75. The maximum absolute atomic E-state index is 6.09. The molecular weight excluding hydrogens is 350 g/mol. The zero-order chi connectivity index (χ0) is 19.2. The summed E-state index contributed by atoms with van der Waals surface area (Å²) in [7, 11) is 0. The fourth-order valence-corrected chi connectivity index (χ4v) is 2.90. The topological polar surface area (TPSA) is 73.2 Å². The van der Waals surface area contributed by atoms with Crippen molar-refractivity contribution in [2.45, 2.75) is 13.2 Å². The van der Waals surface area contributed by atoms with Gasteiger partial charge in [0.1, 0.15) is 19.0 Å². The third-order valence-corrected chi connectivity index (χ3v) is 4.40. The van der Waals surface area contributed by atoms with Crippen molar-refractivity contribution in [3.05, 3.63) is 96.2 Å². The van der Waals surface area contributed by atoms with Gasteiger partial charge in [-0.25, -0.2) is 0 Å². The molecule has 0 saturated heterocycles. The molecule has 4 aromatic rings. The first-order valence-corrected chi connectivity index (χ1v) is 9.06. The smallest absolute Gasteiger partial charge is 0.162 e. The molecule has 28 heavy (non-hydrogen) atoms. The lowest BCUT2D eigenvalue weighted by molar-refractivity contribution is 0.256. The Hall–Kier alpha value is -3.73. The summed E-state index contributed by atoms with van der Waals surface area (Å²) in [5.41, 5.74) is 9.91. The third-order valence-electron chi connectivity index (χ3n) is 4.40. The average Bonchev–Trinajstić information content (AvgIpc) is 3.18. The summed E-state index contributed by atoms with van der Waals surface area (Å²) in [6, 6.07) is 25.9. The Morgan fingerprint density at radius 3 is 1.93 bits per heavy atom. The predicted octanol–water partition coefficient (Wildman–Crippen LogP) is 4.82. The lowest BCUT2D eigenvalue weighted by atomic mass is 10.1. The largest absolute Gasteiger partial charge is 0.485 e. The van der Waals surface area contributed by atoms with E-state index < -0.39 is 0 Å². The first-order chi connectivity index (χ1) is 13.8. The van der Waals surface area contributed by atoms with E-state index in [4.69, 9.17) is 15.2 Å². The molecule has 140 valence electrons. The molecule has 0 saturated carbocycles. The molecule has 5 nitrogen and oxygen atoms in total. The van der Waals surface area contributed by atoms with E-state index in [1.165, 1.54) is 0 Å². The Morgan fingerprint density at radius 1 is 0.750 bits per heavy atom. The van der Waals surface area contributed by atoms with Gasteiger partial charge in [-0.2, -0.15) is 5.10 Å². The number of hydrogen-bond donors (Lipinski definition) is 2. The number of anilines is 1. The van der Waals surface area contributed by atoms with Crippen LogP contribution in [0.5, 0.6) is 11.5 Å². The maximum Gasteiger partial charge on any atom is 0.162 e. The molecule has 0 amide bonds. The van der Waals surface area contributed by atoms with Gasteiger partial charge < -0.3 is 15.2 Å². The molecular formula is C23H21N3O2. The SMILES string of the molecule is Nc1[nH]ncc1-c1ccc(OCc2ccccc2)c(OCc2ccccc2)c1. The van der Waals surface area contributed by atoms with Crippen LogP contribution in [0.4, 0.5) is 5.82 Å². The number of nitrogens with one attached hydrogen (secondary N) is 1. The zero-order valence-corrected chi connectivity index (χ0v) is 15.3. The van der Waals surface area contributed by atoms with E-state index in [2.05, 4.69) is 10.2 Å². The van der Waals surface area contributed by atoms with Crippen molar-refractivity contribution in [3.63, 3.8) is 0 Å². The van der Waals surface area contributed by atoms with Gasteiger partial charge in [0.25, 0.3) is 0 Å². The molecule has 0 bridgehead atoms. The monoisotopic (exact) mass is 371 g/mol. The minimum Gasteiger partial charge on any atom is -0.485 e. The van der Waals surface area contributed by atoms with E-state index in [-0.39, 0.29) is 0 Å². The number of rotatable bonds is 7. The van der Waals surface area contributed by atoms with Crippen LogP contribution in [-0.4, -0.2) is 10.2 Å². The number of aromatic nitrogens is 2. The first-order valence-electron chi connectivity index (χ1n) is 9.06. The van der Waals surface area contributed by atoms with Crippen molar-refractivity contribution < 1.29 is 9.47 Å². The van der Waals surface area contributed by atoms with Gasteiger partial charge in [-0.3, -0.25) is 5.10 Å². The minimum absolute atomic E-state index is 0.451. The number of nitrogens with two attached hydrogens (primary N) is 1. The summed E-state index contributed by atoms with van der Waals surface area (Å²) in [5.74, 6) is 1.87. The van der Waals surface area contributed by atoms with Crippen molar-refractivity contribution in [1.29, 1.82) is 0 Å². The van der Waals surface area contributed by atoms with Crippen molar-refractivity contribution in [2.24, 2.45) is 0 Å². The van der Waals surface area contributed by atoms with Crippen LogP contribution < -0.4 is 15.2 Å². The van der Waals surface area contributed by atoms with E-state index in [0.717, 1.165) is 22.3 Å². The Kier molecular flexibility index (Phi) is 5.24. The molecule has 3 N–H and O–H groups in total. The van der Waals surface area contributed by atoms with Crippen LogP contribution in [-0.2, 0) is 13.2 Å². The third kappa shape index (κ3) is 4.15. The van der Waals surface area contributed by atoms with Gasteiger partial charge in [0, 0.05) is 5.56 Å². The molecule has 0 unspecified atom stereocenters. The Labute approximate surface area is 163 Å². The molecule has 0 aliphatic heterocycles. The summed E-state index contributed by atoms with van der Waals surface area (Å²) in [6.07, 6.45) is 1.70. The van der Waals surface area contributed by atoms with Crippen LogP contribution in [0.3, 0.4) is 0 Å². The summed E-state index contributed by atoms with van der Waals surface area (Å²) in [4.78, 5) is 0. The fraction of sp³-hybridized carbons (Fsp3) is 0.0870. The van der Waals surface area contributed by atoms with Gasteiger partial charge in [-0.15, -0.1) is 0 Å². The number of H-pyrrole nitrogens is 1. The number of nitrogen functional groups attached to an aromatic ring is 1. The zero-order valence-electron chi connectivity index (χ0n) is 15.3. The molecule has 0 aliphatic carbocycles. The van der Waals surface area contributed by atoms with Crippen LogP contribution in [0, 0.1) is 0 Å². The van der Waals surface area contributed by atoms with Gasteiger partial charge in [-0.05, 0) is 28.8 Å². The predicted molar refractivity (Wildman–Crippen MR) is 110 cm³/mol. The van der Waals surface area contributed by atoms with Crippen LogP contribution >= 0.6 is 0 Å². The van der Waals surface area contributed by atoms with Crippen LogP contribution in [0.15, 0.2) is 85.1 Å². The second kappa shape index (κ2) is 8.31. The summed E-state index contributed by atoms with van der Waals surface area (Å²) >= 11 is 0. The Morgan fingerprint density at radius 2 is 1.36 bits per heavy atom. The van der Waals surface area contributed by atoms with E-state index in [1.54, 1.807) is 6.20 Å². The van der Waals surface area contributed by atoms with E-state index in [0.29, 0.717) is 30.5 Å². The lowest BCUT2D eigenvalue weighted by Gasteiger charge is -2.14. The summed E-state index contributed by atoms with van der Waals surface area (Å²) in [6.45, 7) is 0.919. The van der Waals surface area contributed by atoms with Gasteiger partial charge in [0.2, 0.25) is 0 Å². The molecule has 4 rings (SSSR count). The number of nitrogens with zero attached hydrogens (tertiary/aromatic N) is 1. The number of hydrogen-bond acceptors (Lipinski definition) is 4. The fourth-order valence-electron chi connectivity index (χ4n) is 2.90. The van der Waals surface area contributed by atoms with Crippen molar-refractivity contribution >= 4 is 5.82 Å². The van der Waals surface area contributed by atoms with Crippen LogP contribution in [0.2, 0.25) is 0 Å². The first kappa shape index (κ1) is 17.7. The molecule has 5 heteroatoms. The average molecular weight is 371 g/mol. The normalized spacial score (nSPS) is 10.6. The van der Waals surface area contributed by atoms with Crippen LogP contribution in [0.25, 0.3) is 11.1 Å². The molecule has 3 aromatic carbocycles. The Bertz CT molecular complexity index is 1030. The standard InChI is InChI=1S/C23H21N3O2/c24-23-20(14-25-26-23)19-11-12-21(27-15-17-7-3-1-4-8-17)22(13-19)28-16-18-9-5-2-6-10-18/h1-14H,15-16H2,(H3,24,25,26). The van der Waals surface area contributed by atoms with Crippen molar-refractivity contribution in [2.75, 3.05) is 5.73 Å². The van der Waals surface area contributed by atoms with E-state index in [9.17, 15) is 0 Å². The van der Waals surface area contributed by atoms with E-state index >= 15 is 0 Å². The number of aromatic amines is 1. The van der Waals surface area contributed by atoms with Gasteiger partial charge in [-0.1, -0.05) is 66.7 Å². The second-order valence-electron chi connectivity index (χ2n) is 6.41. The molecule has 0 atom stereocenters. The maximum atomic E-state index is 6.09. The molecule has 1 heterocycles. The van der Waals surface area contributed by atoms with Gasteiger partial charge >= 0.3 is 0 Å². The number of benzene rings is 3. The van der Waals surface area contributed by atoms with Crippen molar-refractivity contribution in [3.8, 4) is 22.6 Å². The highest BCUT2D eigenvalue weighted by Crippen LogP contribution is 2.35. The molecule has 0 spiro atoms. The van der Waals surface area contributed by atoms with E-state index in [1.807, 2.05) is 78.9 Å². The quantitative estimate of drug-likeness (QED) is 0.489. The number of ether oxygens (including phenoxy) is 2. The lowest BCUT2D eigenvalue weighted by Crippen LogP contribution is -2.01. The minimum atomic E-state index is 0.451. The molecule has 1 aromatic heterocycles. The van der Waals surface area contributed by atoms with Crippen LogP contribution in [0.1, 0.15) is 11.1 Å². The molecule has 0 aliphatic rings. The Balaban J connectivity index is 1.59. The highest BCUT2D eigenvalue weighted by atomic mass is 16.5. The summed E-state index contributed by atoms with van der Waals surface area (Å²) in [5, 5.41) is 6.76. The highest BCUT2D eigenvalue weighted by Gasteiger charge is 2.12. The molecule has 0 fully saturated rings.